The van der Waals surface area contributed by atoms with Crippen molar-refractivity contribution in [1.29, 1.82) is 0 Å². The summed E-state index contributed by atoms with van der Waals surface area (Å²) in [4.78, 5) is 25.1. The summed E-state index contributed by atoms with van der Waals surface area (Å²) in [7, 11) is 0. The molecular weight excluding hydrogens is 691 g/mol. The van der Waals surface area contributed by atoms with Crippen LogP contribution in [0.4, 0.5) is 0 Å². The zero-order valence-corrected chi connectivity index (χ0v) is 30.0. The average Bonchev–Trinajstić information content (AvgIpc) is 3.84. The fraction of sp³-hybridized carbons (Fsp3) is 0.0408. The topological polar surface area (TPSA) is 90.7 Å². The Kier molecular flexibility index (Phi) is 7.48. The maximum Gasteiger partial charge on any atom is 0.180 e. The average molecular weight is 722 g/mol. The van der Waals surface area contributed by atoms with Gasteiger partial charge in [-0.3, -0.25) is 0 Å². The first-order valence-corrected chi connectivity index (χ1v) is 18.7. The van der Waals surface area contributed by atoms with Gasteiger partial charge < -0.3 is 8.83 Å². The third-order valence-electron chi connectivity index (χ3n) is 10.5. The number of fused-ring (bicyclic) bond motifs is 6. The molecule has 0 radical (unpaired) electrons. The molecule has 6 aromatic carbocycles. The second-order valence-corrected chi connectivity index (χ2v) is 14.0. The van der Waals surface area contributed by atoms with Gasteiger partial charge in [0.15, 0.2) is 23.1 Å². The first-order chi connectivity index (χ1) is 27.7. The molecule has 0 amide bonds. The first-order valence-electron chi connectivity index (χ1n) is 18.7. The van der Waals surface area contributed by atoms with Crippen molar-refractivity contribution < 1.29 is 8.83 Å². The van der Waals surface area contributed by atoms with Crippen LogP contribution in [-0.4, -0.2) is 24.9 Å². The van der Waals surface area contributed by atoms with Gasteiger partial charge in [0.2, 0.25) is 0 Å². The highest BCUT2D eigenvalue weighted by atomic mass is 16.3. The van der Waals surface area contributed by atoms with E-state index in [1.165, 1.54) is 11.1 Å². The molecule has 1 aliphatic carbocycles. The summed E-state index contributed by atoms with van der Waals surface area (Å²) in [6.07, 6.45) is 7.47. The lowest BCUT2D eigenvalue weighted by atomic mass is 9.92. The molecule has 10 aromatic rings. The van der Waals surface area contributed by atoms with Crippen LogP contribution in [0.25, 0.3) is 95.0 Å². The van der Waals surface area contributed by atoms with Gasteiger partial charge in [0.05, 0.1) is 0 Å². The van der Waals surface area contributed by atoms with Crippen LogP contribution >= 0.6 is 0 Å². The monoisotopic (exact) mass is 721 g/mol. The smallest absolute Gasteiger partial charge is 0.180 e. The second kappa shape index (κ2) is 13.1. The molecule has 0 aliphatic heterocycles. The summed E-state index contributed by atoms with van der Waals surface area (Å²) in [5.74, 6) is 2.61. The number of benzene rings is 6. The highest BCUT2D eigenvalue weighted by molar-refractivity contribution is 6.09. The zero-order valence-electron chi connectivity index (χ0n) is 30.0. The fourth-order valence-electron chi connectivity index (χ4n) is 7.63. The van der Waals surface area contributed by atoms with E-state index in [0.29, 0.717) is 23.1 Å². The minimum Gasteiger partial charge on any atom is -0.456 e. The van der Waals surface area contributed by atoms with E-state index >= 15 is 0 Å². The van der Waals surface area contributed by atoms with E-state index in [0.717, 1.165) is 78.6 Å². The molecule has 11 rings (SSSR count). The number of allylic oxidation sites excluding steroid dienone is 4. The lowest BCUT2D eigenvalue weighted by Crippen LogP contribution is -2.05. The molecule has 0 bridgehead atoms. The molecule has 264 valence electrons. The fourth-order valence-corrected chi connectivity index (χ4v) is 7.63. The van der Waals surface area contributed by atoms with Crippen molar-refractivity contribution in [3.05, 3.63) is 181 Å². The van der Waals surface area contributed by atoms with Gasteiger partial charge in [0.1, 0.15) is 33.8 Å². The number of nitrogens with zero attached hydrogens (tertiary/aromatic N) is 5. The third kappa shape index (κ3) is 5.56. The van der Waals surface area contributed by atoms with Crippen LogP contribution in [0.3, 0.4) is 0 Å². The van der Waals surface area contributed by atoms with Crippen LogP contribution in [0, 0.1) is 0 Å². The molecule has 4 aromatic heterocycles. The van der Waals surface area contributed by atoms with E-state index in [4.69, 9.17) is 33.8 Å². The number of hydrogen-bond donors (Lipinski definition) is 0. The Bertz CT molecular complexity index is 3110. The van der Waals surface area contributed by atoms with Crippen molar-refractivity contribution in [3.8, 4) is 45.4 Å². The van der Waals surface area contributed by atoms with Gasteiger partial charge in [-0.15, -0.1) is 0 Å². The molecule has 0 spiro atoms. The molecule has 1 aliphatic rings. The van der Waals surface area contributed by atoms with Gasteiger partial charge in [0.25, 0.3) is 0 Å². The number of furan rings is 2. The highest BCUT2D eigenvalue weighted by Crippen LogP contribution is 2.40. The minimum atomic E-state index is 0.0212. The maximum atomic E-state index is 6.52. The quantitative estimate of drug-likeness (QED) is 0.169. The Balaban J connectivity index is 1.01. The standard InChI is InChI=1S/C49H31N5O2/c1-4-12-30(13-5-1)31-20-22-34(23-21-31)46-50-43(45-44(51-46)38-18-10-11-19-40(38)56-45)35-24-26-37-39-28-36(25-27-41(39)55-42(37)29-35)49-53-47(32-14-6-2-7-15-32)52-48(54-49)33-16-8-3-9-17-33/h1-22,24-29,34H,23H2. The molecule has 4 heterocycles. The van der Waals surface area contributed by atoms with E-state index < -0.39 is 0 Å². The van der Waals surface area contributed by atoms with Crippen LogP contribution in [0.15, 0.2) is 179 Å². The Morgan fingerprint density at radius 2 is 1.07 bits per heavy atom. The predicted molar refractivity (Wildman–Crippen MR) is 223 cm³/mol. The Morgan fingerprint density at radius 3 is 1.77 bits per heavy atom. The first kappa shape index (κ1) is 32.0. The van der Waals surface area contributed by atoms with Crippen LogP contribution in [-0.2, 0) is 0 Å². The molecule has 1 unspecified atom stereocenters. The van der Waals surface area contributed by atoms with Crippen molar-refractivity contribution in [3.63, 3.8) is 0 Å². The van der Waals surface area contributed by atoms with Gasteiger partial charge in [-0.2, -0.15) is 0 Å². The lowest BCUT2D eigenvalue weighted by Gasteiger charge is -2.16. The molecule has 7 heteroatoms. The Morgan fingerprint density at radius 1 is 0.446 bits per heavy atom. The number of aromatic nitrogens is 5. The Hall–Kier alpha value is -7.51. The molecule has 56 heavy (non-hydrogen) atoms. The molecule has 0 saturated heterocycles. The molecule has 7 nitrogen and oxygen atoms in total. The van der Waals surface area contributed by atoms with Gasteiger partial charge in [-0.1, -0.05) is 127 Å². The molecule has 0 saturated carbocycles. The van der Waals surface area contributed by atoms with E-state index in [-0.39, 0.29) is 5.92 Å². The Labute approximate surface area is 321 Å². The van der Waals surface area contributed by atoms with Gasteiger partial charge >= 0.3 is 0 Å². The molecule has 0 fully saturated rings. The van der Waals surface area contributed by atoms with E-state index in [1.54, 1.807) is 0 Å². The third-order valence-corrected chi connectivity index (χ3v) is 10.5. The number of para-hydroxylation sites is 1. The summed E-state index contributed by atoms with van der Waals surface area (Å²) < 4.78 is 13.0. The van der Waals surface area contributed by atoms with Crippen molar-refractivity contribution in [2.45, 2.75) is 12.3 Å². The van der Waals surface area contributed by atoms with E-state index in [2.05, 4.69) is 72.8 Å². The van der Waals surface area contributed by atoms with Gasteiger partial charge in [-0.25, -0.2) is 24.9 Å². The van der Waals surface area contributed by atoms with Crippen LogP contribution in [0.2, 0.25) is 0 Å². The van der Waals surface area contributed by atoms with Crippen LogP contribution < -0.4 is 0 Å². The van der Waals surface area contributed by atoms with Crippen molar-refractivity contribution in [2.24, 2.45) is 0 Å². The SMILES string of the molecule is C1=CC(c2nc(-c3ccc4c(c3)oc3ccc(-c5nc(-c6ccccc6)nc(-c6ccccc6)n5)cc34)c3oc4ccccc4c3n2)CC=C1c1ccccc1. The lowest BCUT2D eigenvalue weighted by molar-refractivity contribution is 0.663. The normalized spacial score (nSPS) is 14.2. The summed E-state index contributed by atoms with van der Waals surface area (Å²) in [5, 5.41) is 2.92. The number of rotatable bonds is 6. The van der Waals surface area contributed by atoms with Crippen molar-refractivity contribution in [2.75, 3.05) is 0 Å². The van der Waals surface area contributed by atoms with Crippen molar-refractivity contribution >= 4 is 49.6 Å². The predicted octanol–water partition coefficient (Wildman–Crippen LogP) is 12.3. The second-order valence-electron chi connectivity index (χ2n) is 14.0. The highest BCUT2D eigenvalue weighted by Gasteiger charge is 2.23. The maximum absolute atomic E-state index is 6.52. The van der Waals surface area contributed by atoms with Crippen molar-refractivity contribution in [1.82, 2.24) is 24.9 Å². The summed E-state index contributed by atoms with van der Waals surface area (Å²) in [6.45, 7) is 0. The molecular formula is C49H31N5O2. The van der Waals surface area contributed by atoms with Crippen LogP contribution in [0.5, 0.6) is 0 Å². The van der Waals surface area contributed by atoms with Gasteiger partial charge in [0, 0.05) is 44.3 Å². The van der Waals surface area contributed by atoms with E-state index in [9.17, 15) is 0 Å². The minimum absolute atomic E-state index is 0.0212. The zero-order chi connectivity index (χ0) is 37.0. The summed E-state index contributed by atoms with van der Waals surface area (Å²) in [5.41, 5.74) is 10.5. The van der Waals surface area contributed by atoms with Gasteiger partial charge in [-0.05, 0) is 60.0 Å². The van der Waals surface area contributed by atoms with E-state index in [1.807, 2.05) is 97.1 Å². The number of hydrogen-bond acceptors (Lipinski definition) is 7. The summed E-state index contributed by atoms with van der Waals surface area (Å²) in [6, 6.07) is 50.9. The summed E-state index contributed by atoms with van der Waals surface area (Å²) >= 11 is 0. The molecule has 0 N–H and O–H groups in total. The van der Waals surface area contributed by atoms with Crippen LogP contribution in [0.1, 0.15) is 23.7 Å². The molecule has 1 atom stereocenters. The largest absolute Gasteiger partial charge is 0.456 e.